The number of benzene rings is 1. The van der Waals surface area contributed by atoms with Crippen molar-refractivity contribution in [3.05, 3.63) is 22.8 Å². The Bertz CT molecular complexity index is 621. The van der Waals surface area contributed by atoms with Crippen LogP contribution in [0.2, 0.25) is 0 Å². The highest BCUT2D eigenvalue weighted by molar-refractivity contribution is 5.71. The van der Waals surface area contributed by atoms with Gasteiger partial charge >= 0.3 is 0 Å². The van der Waals surface area contributed by atoms with Gasteiger partial charge in [0.05, 0.1) is 18.3 Å². The largest absolute Gasteiger partial charge is 0.490 e. The number of hydrogen-bond donors (Lipinski definition) is 1. The molecular weight excluding hydrogens is 300 g/mol. The van der Waals surface area contributed by atoms with Crippen LogP contribution in [0.5, 0.6) is 5.75 Å². The Morgan fingerprint density at radius 3 is 2.88 bits per heavy atom. The van der Waals surface area contributed by atoms with Crippen molar-refractivity contribution < 1.29 is 9.47 Å². The molecule has 24 heavy (non-hydrogen) atoms. The highest BCUT2D eigenvalue weighted by atomic mass is 16.5. The lowest BCUT2D eigenvalue weighted by Crippen LogP contribution is -2.39. The molecule has 0 aromatic heterocycles. The maximum absolute atomic E-state index is 6.14. The summed E-state index contributed by atoms with van der Waals surface area (Å²) < 4.78 is 12.1. The van der Waals surface area contributed by atoms with Crippen LogP contribution >= 0.6 is 0 Å². The molecule has 130 valence electrons. The summed E-state index contributed by atoms with van der Waals surface area (Å²) in [6.45, 7) is 5.98. The zero-order valence-electron chi connectivity index (χ0n) is 14.5. The standard InChI is InChI=1S/C20H28N2O2/c1-2-16(23-10-1)13-22-9-11-24-18-12-15-5-7-21-8-6-17(15)19(20(18)22)14-3-4-14/h12,14,16,21H,1-11,13H2/t16-/m1/s1. The minimum Gasteiger partial charge on any atom is -0.490 e. The molecule has 3 heterocycles. The predicted octanol–water partition coefficient (Wildman–Crippen LogP) is 2.63. The minimum absolute atomic E-state index is 0.406. The van der Waals surface area contributed by atoms with Crippen molar-refractivity contribution in [3.63, 3.8) is 0 Å². The first-order valence-electron chi connectivity index (χ1n) is 9.79. The van der Waals surface area contributed by atoms with Crippen LogP contribution in [0.15, 0.2) is 6.07 Å². The molecule has 1 N–H and O–H groups in total. The van der Waals surface area contributed by atoms with E-state index in [2.05, 4.69) is 16.3 Å². The molecule has 4 heteroatoms. The van der Waals surface area contributed by atoms with E-state index in [1.54, 1.807) is 11.1 Å². The number of ether oxygens (including phenoxy) is 2. The molecule has 5 rings (SSSR count). The second-order valence-electron chi connectivity index (χ2n) is 7.73. The zero-order chi connectivity index (χ0) is 15.9. The van der Waals surface area contributed by atoms with Gasteiger partial charge in [-0.15, -0.1) is 0 Å². The fraction of sp³-hybridized carbons (Fsp3) is 0.700. The van der Waals surface area contributed by atoms with E-state index in [4.69, 9.17) is 9.47 Å². The second-order valence-corrected chi connectivity index (χ2v) is 7.73. The molecule has 2 fully saturated rings. The van der Waals surface area contributed by atoms with Crippen molar-refractivity contribution >= 4 is 5.69 Å². The van der Waals surface area contributed by atoms with Gasteiger partial charge in [0, 0.05) is 13.2 Å². The third kappa shape index (κ3) is 2.70. The van der Waals surface area contributed by atoms with Crippen LogP contribution in [-0.2, 0) is 17.6 Å². The van der Waals surface area contributed by atoms with Crippen LogP contribution in [0.3, 0.4) is 0 Å². The fourth-order valence-corrected chi connectivity index (χ4v) is 4.68. The Kier molecular flexibility index (Phi) is 3.90. The van der Waals surface area contributed by atoms with E-state index in [9.17, 15) is 0 Å². The molecule has 1 aromatic carbocycles. The van der Waals surface area contributed by atoms with Gasteiger partial charge in [0.15, 0.2) is 0 Å². The molecule has 0 spiro atoms. The maximum atomic E-state index is 6.14. The van der Waals surface area contributed by atoms with Gasteiger partial charge in [-0.05, 0) is 80.3 Å². The molecule has 1 saturated heterocycles. The lowest BCUT2D eigenvalue weighted by molar-refractivity contribution is 0.114. The van der Waals surface area contributed by atoms with Gasteiger partial charge in [-0.3, -0.25) is 0 Å². The van der Waals surface area contributed by atoms with Crippen LogP contribution in [0, 0.1) is 0 Å². The Morgan fingerprint density at radius 1 is 1.12 bits per heavy atom. The number of anilines is 1. The highest BCUT2D eigenvalue weighted by Crippen LogP contribution is 2.51. The van der Waals surface area contributed by atoms with Crippen molar-refractivity contribution in [2.24, 2.45) is 0 Å². The molecule has 0 unspecified atom stereocenters. The van der Waals surface area contributed by atoms with Gasteiger partial charge in [0.1, 0.15) is 12.4 Å². The Labute approximate surface area is 144 Å². The van der Waals surface area contributed by atoms with E-state index in [0.29, 0.717) is 6.10 Å². The first kappa shape index (κ1) is 15.0. The quantitative estimate of drug-likeness (QED) is 0.925. The van der Waals surface area contributed by atoms with Gasteiger partial charge in [-0.1, -0.05) is 0 Å². The van der Waals surface area contributed by atoms with Crippen molar-refractivity contribution in [1.29, 1.82) is 0 Å². The molecular formula is C20H28N2O2. The molecule has 1 aromatic rings. The highest BCUT2D eigenvalue weighted by Gasteiger charge is 2.36. The average molecular weight is 328 g/mol. The lowest BCUT2D eigenvalue weighted by Gasteiger charge is -2.36. The molecule has 4 nitrogen and oxygen atoms in total. The van der Waals surface area contributed by atoms with Gasteiger partial charge < -0.3 is 19.7 Å². The van der Waals surface area contributed by atoms with E-state index in [0.717, 1.165) is 57.5 Å². The molecule has 0 amide bonds. The SMILES string of the molecule is c1c2c(c(C3CC3)c3c1OCCN3C[C@H]1CCCO1)CCNCC2. The van der Waals surface area contributed by atoms with Crippen molar-refractivity contribution in [3.8, 4) is 5.75 Å². The van der Waals surface area contributed by atoms with Crippen LogP contribution in [0.4, 0.5) is 5.69 Å². The summed E-state index contributed by atoms with van der Waals surface area (Å²) in [6, 6.07) is 2.35. The summed E-state index contributed by atoms with van der Waals surface area (Å²) in [4.78, 5) is 2.58. The van der Waals surface area contributed by atoms with Gasteiger partial charge in [0.2, 0.25) is 0 Å². The lowest BCUT2D eigenvalue weighted by atomic mass is 9.91. The predicted molar refractivity (Wildman–Crippen MR) is 95.4 cm³/mol. The van der Waals surface area contributed by atoms with Crippen LogP contribution in [-0.4, -0.2) is 45.5 Å². The van der Waals surface area contributed by atoms with Crippen molar-refractivity contribution in [2.75, 3.05) is 44.3 Å². The summed E-state index contributed by atoms with van der Waals surface area (Å²) in [6.07, 6.45) is 7.84. The monoisotopic (exact) mass is 328 g/mol. The van der Waals surface area contributed by atoms with Crippen LogP contribution in [0.25, 0.3) is 0 Å². The molecule has 1 aliphatic carbocycles. The van der Waals surface area contributed by atoms with Crippen LogP contribution in [0.1, 0.15) is 48.3 Å². The van der Waals surface area contributed by atoms with Gasteiger partial charge in [0.25, 0.3) is 0 Å². The Morgan fingerprint density at radius 2 is 2.04 bits per heavy atom. The summed E-state index contributed by atoms with van der Waals surface area (Å²) in [5.41, 5.74) is 6.20. The smallest absolute Gasteiger partial charge is 0.143 e. The number of nitrogens with one attached hydrogen (secondary N) is 1. The Hall–Kier alpha value is -1.26. The van der Waals surface area contributed by atoms with E-state index >= 15 is 0 Å². The number of fused-ring (bicyclic) bond motifs is 2. The summed E-state index contributed by atoms with van der Waals surface area (Å²) >= 11 is 0. The number of rotatable bonds is 3. The summed E-state index contributed by atoms with van der Waals surface area (Å²) in [5, 5.41) is 3.57. The normalized spacial score (nSPS) is 26.5. The number of nitrogens with zero attached hydrogens (tertiary/aromatic N) is 1. The summed E-state index contributed by atoms with van der Waals surface area (Å²) in [5.74, 6) is 1.90. The minimum atomic E-state index is 0.406. The summed E-state index contributed by atoms with van der Waals surface area (Å²) in [7, 11) is 0. The van der Waals surface area contributed by atoms with E-state index in [1.807, 2.05) is 0 Å². The third-order valence-electron chi connectivity index (χ3n) is 6.00. The van der Waals surface area contributed by atoms with E-state index < -0.39 is 0 Å². The molecule has 0 bridgehead atoms. The van der Waals surface area contributed by atoms with Crippen molar-refractivity contribution in [2.45, 2.75) is 50.5 Å². The molecule has 0 radical (unpaired) electrons. The zero-order valence-corrected chi connectivity index (χ0v) is 14.5. The molecule has 4 aliphatic rings. The molecule has 1 saturated carbocycles. The molecule has 3 aliphatic heterocycles. The first-order valence-corrected chi connectivity index (χ1v) is 9.79. The fourth-order valence-electron chi connectivity index (χ4n) is 4.68. The third-order valence-corrected chi connectivity index (χ3v) is 6.00. The number of hydrogen-bond acceptors (Lipinski definition) is 4. The van der Waals surface area contributed by atoms with E-state index in [-0.39, 0.29) is 0 Å². The first-order chi connectivity index (χ1) is 11.9. The average Bonchev–Trinajstić information content (AvgIpc) is 3.35. The van der Waals surface area contributed by atoms with Gasteiger partial charge in [-0.25, -0.2) is 0 Å². The van der Waals surface area contributed by atoms with Crippen LogP contribution < -0.4 is 15.0 Å². The van der Waals surface area contributed by atoms with E-state index in [1.165, 1.54) is 43.4 Å². The topological polar surface area (TPSA) is 33.7 Å². The Balaban J connectivity index is 1.57. The maximum Gasteiger partial charge on any atom is 0.143 e. The van der Waals surface area contributed by atoms with Crippen molar-refractivity contribution in [1.82, 2.24) is 5.32 Å². The van der Waals surface area contributed by atoms with Gasteiger partial charge in [-0.2, -0.15) is 0 Å². The second kappa shape index (κ2) is 6.23. The molecule has 1 atom stereocenters.